The van der Waals surface area contributed by atoms with Gasteiger partial charge in [-0.05, 0) is 19.3 Å². The SMILES string of the molecule is [CH2]CCCCCCCCCC[S+]([O-])CCCC(F)(F)C(F)(F)F. The molecule has 23 heavy (non-hydrogen) atoms. The largest absolute Gasteiger partial charge is 0.616 e. The van der Waals surface area contributed by atoms with Crippen molar-refractivity contribution >= 4 is 11.2 Å². The Morgan fingerprint density at radius 3 is 1.61 bits per heavy atom. The maximum atomic E-state index is 12.7. The Bertz CT molecular complexity index is 284. The Morgan fingerprint density at radius 1 is 0.696 bits per heavy atom. The van der Waals surface area contributed by atoms with Crippen molar-refractivity contribution in [3.05, 3.63) is 6.92 Å². The molecule has 1 radical (unpaired) electrons. The molecule has 0 aliphatic heterocycles. The highest BCUT2D eigenvalue weighted by Crippen LogP contribution is 2.38. The van der Waals surface area contributed by atoms with Crippen LogP contribution in [0, 0.1) is 6.92 Å². The maximum absolute atomic E-state index is 12.7. The monoisotopic (exact) mass is 363 g/mol. The lowest BCUT2D eigenvalue weighted by Gasteiger charge is -2.19. The minimum absolute atomic E-state index is 0.0866. The summed E-state index contributed by atoms with van der Waals surface area (Å²) in [6, 6.07) is 0. The molecule has 1 atom stereocenters. The fraction of sp³-hybridized carbons (Fsp3) is 0.938. The minimum atomic E-state index is -5.51. The summed E-state index contributed by atoms with van der Waals surface area (Å²) < 4.78 is 72.7. The second-order valence-corrected chi connectivity index (χ2v) is 7.53. The molecule has 0 aromatic heterocycles. The van der Waals surface area contributed by atoms with Crippen molar-refractivity contribution in [2.75, 3.05) is 11.5 Å². The quantitative estimate of drug-likeness (QED) is 0.209. The van der Waals surface area contributed by atoms with Gasteiger partial charge >= 0.3 is 12.1 Å². The summed E-state index contributed by atoms with van der Waals surface area (Å²) in [5.41, 5.74) is 0. The molecule has 0 fully saturated rings. The molecule has 0 bridgehead atoms. The van der Waals surface area contributed by atoms with E-state index < -0.39 is 29.7 Å². The summed E-state index contributed by atoms with van der Waals surface area (Å²) in [5, 5.41) is 0. The van der Waals surface area contributed by atoms with Crippen LogP contribution in [-0.4, -0.2) is 28.2 Å². The third-order valence-corrected chi connectivity index (χ3v) is 5.14. The van der Waals surface area contributed by atoms with Gasteiger partial charge in [0.15, 0.2) is 0 Å². The molecule has 0 spiro atoms. The van der Waals surface area contributed by atoms with Crippen LogP contribution in [0.25, 0.3) is 0 Å². The molecule has 0 aromatic carbocycles. The Hall–Kier alpha value is -0.0400. The minimum Gasteiger partial charge on any atom is -0.616 e. The van der Waals surface area contributed by atoms with Gasteiger partial charge in [0.25, 0.3) is 0 Å². The first kappa shape index (κ1) is 23.0. The van der Waals surface area contributed by atoms with Crippen LogP contribution in [0.15, 0.2) is 0 Å². The highest BCUT2D eigenvalue weighted by atomic mass is 32.2. The normalized spacial score (nSPS) is 14.2. The lowest BCUT2D eigenvalue weighted by Crippen LogP contribution is -2.36. The van der Waals surface area contributed by atoms with Crippen molar-refractivity contribution in [2.45, 2.75) is 82.7 Å². The van der Waals surface area contributed by atoms with Gasteiger partial charge in [0.05, 0.1) is 0 Å². The van der Waals surface area contributed by atoms with Crippen LogP contribution in [0.5, 0.6) is 0 Å². The van der Waals surface area contributed by atoms with E-state index in [1.165, 1.54) is 19.3 Å². The molecule has 1 unspecified atom stereocenters. The zero-order chi connectivity index (χ0) is 17.8. The van der Waals surface area contributed by atoms with E-state index >= 15 is 0 Å². The highest BCUT2D eigenvalue weighted by molar-refractivity contribution is 7.91. The van der Waals surface area contributed by atoms with Gasteiger partial charge in [-0.2, -0.15) is 22.0 Å². The average molecular weight is 363 g/mol. The van der Waals surface area contributed by atoms with E-state index in [-0.39, 0.29) is 12.2 Å². The van der Waals surface area contributed by atoms with Gasteiger partial charge in [-0.3, -0.25) is 0 Å². The standard InChI is InChI=1S/C16H28F5OS/c1-2-3-4-5-6-7-8-9-10-13-23(22)14-11-12-15(17,18)16(19,20)21/h1-14H2. The van der Waals surface area contributed by atoms with Gasteiger partial charge in [-0.1, -0.05) is 63.0 Å². The van der Waals surface area contributed by atoms with Crippen molar-refractivity contribution in [2.24, 2.45) is 0 Å². The number of halogens is 5. The average Bonchev–Trinajstić information content (AvgIpc) is 2.44. The molecule has 0 saturated heterocycles. The first-order valence-electron chi connectivity index (χ1n) is 8.29. The van der Waals surface area contributed by atoms with Gasteiger partial charge in [0, 0.05) is 6.42 Å². The van der Waals surface area contributed by atoms with E-state index in [1.807, 2.05) is 0 Å². The number of hydrogen-bond donors (Lipinski definition) is 0. The summed E-state index contributed by atoms with van der Waals surface area (Å²) in [4.78, 5) is 0. The number of rotatable bonds is 14. The van der Waals surface area contributed by atoms with Crippen molar-refractivity contribution < 1.29 is 26.5 Å². The lowest BCUT2D eigenvalue weighted by atomic mass is 10.1. The van der Waals surface area contributed by atoms with Gasteiger partial charge in [0.1, 0.15) is 11.5 Å². The molecule has 0 aromatic rings. The second kappa shape index (κ2) is 12.3. The van der Waals surface area contributed by atoms with E-state index in [4.69, 9.17) is 0 Å². The Balaban J connectivity index is 3.49. The Kier molecular flexibility index (Phi) is 12.3. The Labute approximate surface area is 139 Å². The zero-order valence-corrected chi connectivity index (χ0v) is 14.4. The molecular weight excluding hydrogens is 335 g/mol. The van der Waals surface area contributed by atoms with E-state index in [2.05, 4.69) is 6.92 Å². The Morgan fingerprint density at radius 2 is 1.13 bits per heavy atom. The predicted octanol–water partition coefficient (Wildman–Crippen LogP) is 6.06. The van der Waals surface area contributed by atoms with E-state index in [0.29, 0.717) is 5.75 Å². The molecule has 7 heteroatoms. The maximum Gasteiger partial charge on any atom is 0.453 e. The van der Waals surface area contributed by atoms with Gasteiger partial charge in [-0.15, -0.1) is 0 Å². The molecule has 0 aliphatic rings. The summed E-state index contributed by atoms with van der Waals surface area (Å²) >= 11 is -1.30. The number of hydrogen-bond acceptors (Lipinski definition) is 1. The van der Waals surface area contributed by atoms with Crippen LogP contribution in [0.1, 0.15) is 70.6 Å². The van der Waals surface area contributed by atoms with Crippen LogP contribution in [-0.2, 0) is 11.2 Å². The van der Waals surface area contributed by atoms with Crippen molar-refractivity contribution in [3.63, 3.8) is 0 Å². The molecule has 0 amide bonds. The fourth-order valence-corrected chi connectivity index (χ4v) is 3.40. The van der Waals surface area contributed by atoms with Gasteiger partial charge in [0.2, 0.25) is 0 Å². The van der Waals surface area contributed by atoms with Crippen LogP contribution in [0.3, 0.4) is 0 Å². The highest BCUT2D eigenvalue weighted by Gasteiger charge is 2.56. The number of unbranched alkanes of at least 4 members (excludes halogenated alkanes) is 8. The van der Waals surface area contributed by atoms with Gasteiger partial charge in [-0.25, -0.2) is 0 Å². The molecule has 0 heterocycles. The van der Waals surface area contributed by atoms with Crippen molar-refractivity contribution in [1.29, 1.82) is 0 Å². The van der Waals surface area contributed by atoms with E-state index in [0.717, 1.165) is 38.5 Å². The summed E-state index contributed by atoms with van der Waals surface area (Å²) in [6.07, 6.45) is 2.40. The van der Waals surface area contributed by atoms with Gasteiger partial charge < -0.3 is 4.55 Å². The van der Waals surface area contributed by atoms with Crippen molar-refractivity contribution in [3.8, 4) is 0 Å². The third kappa shape index (κ3) is 12.0. The third-order valence-electron chi connectivity index (χ3n) is 3.65. The van der Waals surface area contributed by atoms with Crippen LogP contribution in [0.4, 0.5) is 22.0 Å². The number of alkyl halides is 5. The molecule has 139 valence electrons. The lowest BCUT2D eigenvalue weighted by molar-refractivity contribution is -0.284. The molecule has 0 rings (SSSR count). The molecule has 0 N–H and O–H groups in total. The predicted molar refractivity (Wildman–Crippen MR) is 85.0 cm³/mol. The van der Waals surface area contributed by atoms with Crippen molar-refractivity contribution in [1.82, 2.24) is 0 Å². The topological polar surface area (TPSA) is 23.1 Å². The van der Waals surface area contributed by atoms with E-state index in [9.17, 15) is 26.5 Å². The first-order valence-corrected chi connectivity index (χ1v) is 9.78. The first-order chi connectivity index (χ1) is 10.7. The smallest absolute Gasteiger partial charge is 0.453 e. The van der Waals surface area contributed by atoms with Crippen LogP contribution >= 0.6 is 0 Å². The molecular formula is C16H28F5OS. The zero-order valence-electron chi connectivity index (χ0n) is 13.6. The molecule has 1 nitrogen and oxygen atoms in total. The van der Waals surface area contributed by atoms with E-state index in [1.54, 1.807) is 0 Å². The summed E-state index contributed by atoms with van der Waals surface area (Å²) in [5.74, 6) is -4.37. The van der Waals surface area contributed by atoms with Crippen LogP contribution < -0.4 is 0 Å². The van der Waals surface area contributed by atoms with Crippen LogP contribution in [0.2, 0.25) is 0 Å². The molecule has 0 saturated carbocycles. The summed E-state index contributed by atoms with van der Waals surface area (Å²) in [6.45, 7) is 3.78. The second-order valence-electron chi connectivity index (χ2n) is 5.84. The summed E-state index contributed by atoms with van der Waals surface area (Å²) in [7, 11) is 0. The molecule has 0 aliphatic carbocycles. The fourth-order valence-electron chi connectivity index (χ4n) is 2.20.